The van der Waals surface area contributed by atoms with E-state index in [-0.39, 0.29) is 11.8 Å². The van der Waals surface area contributed by atoms with Crippen LogP contribution in [0, 0.1) is 12.8 Å². The van der Waals surface area contributed by atoms with Crippen LogP contribution in [0.1, 0.15) is 30.4 Å². The SMILES string of the molecule is Cc1ccc(Cl)c2sc(N(Cc3cccnc3)C(=O)C3CCC3)nc12. The minimum atomic E-state index is 0.111. The Kier molecular flexibility index (Phi) is 4.44. The maximum Gasteiger partial charge on any atom is 0.232 e. The molecule has 25 heavy (non-hydrogen) atoms. The van der Waals surface area contributed by atoms with Gasteiger partial charge in [0.2, 0.25) is 5.91 Å². The van der Waals surface area contributed by atoms with Gasteiger partial charge in [-0.2, -0.15) is 0 Å². The highest BCUT2D eigenvalue weighted by Gasteiger charge is 2.32. The van der Waals surface area contributed by atoms with E-state index in [0.717, 1.165) is 40.6 Å². The van der Waals surface area contributed by atoms with Crippen LogP contribution in [0.5, 0.6) is 0 Å². The van der Waals surface area contributed by atoms with Crippen molar-refractivity contribution in [3.63, 3.8) is 0 Å². The second kappa shape index (κ2) is 6.73. The molecule has 1 saturated carbocycles. The van der Waals surface area contributed by atoms with Crippen LogP contribution in [-0.2, 0) is 11.3 Å². The van der Waals surface area contributed by atoms with Crippen molar-refractivity contribution in [2.45, 2.75) is 32.7 Å². The van der Waals surface area contributed by atoms with Crippen LogP contribution in [0.4, 0.5) is 5.13 Å². The molecule has 0 radical (unpaired) electrons. The van der Waals surface area contributed by atoms with E-state index in [2.05, 4.69) is 4.98 Å². The van der Waals surface area contributed by atoms with Crippen LogP contribution in [0.15, 0.2) is 36.7 Å². The monoisotopic (exact) mass is 371 g/mol. The van der Waals surface area contributed by atoms with Crippen molar-refractivity contribution < 1.29 is 4.79 Å². The first-order valence-corrected chi connectivity index (χ1v) is 9.59. The highest BCUT2D eigenvalue weighted by molar-refractivity contribution is 7.23. The molecule has 0 bridgehead atoms. The number of rotatable bonds is 4. The number of aromatic nitrogens is 2. The van der Waals surface area contributed by atoms with Gasteiger partial charge in [0.05, 0.1) is 21.8 Å². The van der Waals surface area contributed by atoms with Gasteiger partial charge < -0.3 is 0 Å². The van der Waals surface area contributed by atoms with E-state index in [1.165, 1.54) is 11.3 Å². The quantitative estimate of drug-likeness (QED) is 0.649. The lowest BCUT2D eigenvalue weighted by Gasteiger charge is -2.30. The molecule has 0 saturated heterocycles. The van der Waals surface area contributed by atoms with E-state index in [0.29, 0.717) is 16.7 Å². The molecule has 0 aliphatic heterocycles. The molecular weight excluding hydrogens is 354 g/mol. The normalized spacial score (nSPS) is 14.5. The Morgan fingerprint density at radius 2 is 2.20 bits per heavy atom. The first kappa shape index (κ1) is 16.5. The fourth-order valence-electron chi connectivity index (χ4n) is 3.00. The number of anilines is 1. The van der Waals surface area contributed by atoms with Gasteiger partial charge >= 0.3 is 0 Å². The molecule has 0 unspecified atom stereocenters. The summed E-state index contributed by atoms with van der Waals surface area (Å²) >= 11 is 7.83. The maximum absolute atomic E-state index is 13.0. The van der Waals surface area contributed by atoms with E-state index in [1.54, 1.807) is 17.3 Å². The molecule has 6 heteroatoms. The largest absolute Gasteiger partial charge is 0.283 e. The minimum Gasteiger partial charge on any atom is -0.283 e. The number of fused-ring (bicyclic) bond motifs is 1. The number of aryl methyl sites for hydroxylation is 1. The number of halogens is 1. The van der Waals surface area contributed by atoms with Gasteiger partial charge in [0, 0.05) is 18.3 Å². The minimum absolute atomic E-state index is 0.111. The summed E-state index contributed by atoms with van der Waals surface area (Å²) in [4.78, 5) is 23.7. The molecule has 4 nitrogen and oxygen atoms in total. The molecule has 1 aliphatic rings. The van der Waals surface area contributed by atoms with Crippen molar-refractivity contribution in [2.75, 3.05) is 4.90 Å². The van der Waals surface area contributed by atoms with Crippen LogP contribution in [0.3, 0.4) is 0 Å². The number of pyridine rings is 1. The third-order valence-electron chi connectivity index (χ3n) is 4.70. The molecule has 0 spiro atoms. The fourth-order valence-corrected chi connectivity index (χ4v) is 4.32. The number of benzene rings is 1. The summed E-state index contributed by atoms with van der Waals surface area (Å²) in [6.45, 7) is 2.50. The number of carbonyl (C=O) groups is 1. The molecule has 2 heterocycles. The van der Waals surface area contributed by atoms with E-state index in [4.69, 9.17) is 16.6 Å². The summed E-state index contributed by atoms with van der Waals surface area (Å²) in [6.07, 6.45) is 6.59. The van der Waals surface area contributed by atoms with Crippen molar-refractivity contribution in [3.05, 3.63) is 52.8 Å². The fraction of sp³-hybridized carbons (Fsp3) is 0.316. The molecule has 2 aromatic heterocycles. The van der Waals surface area contributed by atoms with E-state index in [9.17, 15) is 4.79 Å². The van der Waals surface area contributed by atoms with Gasteiger partial charge in [-0.15, -0.1) is 0 Å². The van der Waals surface area contributed by atoms with Crippen molar-refractivity contribution in [1.29, 1.82) is 0 Å². The predicted molar refractivity (Wildman–Crippen MR) is 102 cm³/mol. The van der Waals surface area contributed by atoms with Crippen LogP contribution < -0.4 is 4.90 Å². The topological polar surface area (TPSA) is 46.1 Å². The highest BCUT2D eigenvalue weighted by Crippen LogP contribution is 2.38. The Morgan fingerprint density at radius 3 is 2.84 bits per heavy atom. The second-order valence-corrected chi connectivity index (χ2v) is 7.84. The van der Waals surface area contributed by atoms with Crippen molar-refractivity contribution in [2.24, 2.45) is 5.92 Å². The van der Waals surface area contributed by atoms with Gasteiger partial charge in [0.1, 0.15) is 0 Å². The number of amides is 1. The van der Waals surface area contributed by atoms with Gasteiger partial charge in [-0.25, -0.2) is 4.98 Å². The van der Waals surface area contributed by atoms with Gasteiger partial charge in [-0.3, -0.25) is 14.7 Å². The number of hydrogen-bond acceptors (Lipinski definition) is 4. The lowest BCUT2D eigenvalue weighted by molar-refractivity contribution is -0.124. The van der Waals surface area contributed by atoms with E-state index in [1.807, 2.05) is 31.2 Å². The molecule has 3 aromatic rings. The number of nitrogens with zero attached hydrogens (tertiary/aromatic N) is 3. The maximum atomic E-state index is 13.0. The van der Waals surface area contributed by atoms with Gasteiger partial charge in [0.15, 0.2) is 5.13 Å². The summed E-state index contributed by atoms with van der Waals surface area (Å²) in [6, 6.07) is 7.73. The average Bonchev–Trinajstić information content (AvgIpc) is 3.02. The first-order chi connectivity index (χ1) is 12.1. The third-order valence-corrected chi connectivity index (χ3v) is 6.24. The number of carbonyl (C=O) groups excluding carboxylic acids is 1. The zero-order valence-corrected chi connectivity index (χ0v) is 15.5. The molecule has 1 aliphatic carbocycles. The Morgan fingerprint density at radius 1 is 1.36 bits per heavy atom. The Bertz CT molecular complexity index is 882. The van der Waals surface area contributed by atoms with Crippen LogP contribution in [0.25, 0.3) is 10.2 Å². The van der Waals surface area contributed by atoms with Gasteiger partial charge in [-0.1, -0.05) is 41.5 Å². The Labute approximate surface area is 155 Å². The van der Waals surface area contributed by atoms with Crippen molar-refractivity contribution >= 4 is 44.2 Å². The smallest absolute Gasteiger partial charge is 0.232 e. The molecule has 0 atom stereocenters. The standard InChI is InChI=1S/C19H18ClN3OS/c1-12-7-8-15(20)17-16(12)22-19(25-17)23(18(24)14-5-2-6-14)11-13-4-3-9-21-10-13/h3-4,7-10,14H,2,5-6,11H2,1H3. The zero-order chi connectivity index (χ0) is 17.4. The second-order valence-electron chi connectivity index (χ2n) is 6.45. The van der Waals surface area contributed by atoms with Crippen molar-refractivity contribution in [3.8, 4) is 0 Å². The lowest BCUT2D eigenvalue weighted by Crippen LogP contribution is -2.38. The molecule has 1 fully saturated rings. The molecular formula is C19H18ClN3OS. The molecule has 1 amide bonds. The summed E-state index contributed by atoms with van der Waals surface area (Å²) in [5.41, 5.74) is 2.95. The third kappa shape index (κ3) is 3.14. The van der Waals surface area contributed by atoms with Gasteiger partial charge in [0.25, 0.3) is 0 Å². The van der Waals surface area contributed by atoms with E-state index < -0.39 is 0 Å². The molecule has 1 aromatic carbocycles. The zero-order valence-electron chi connectivity index (χ0n) is 13.9. The van der Waals surface area contributed by atoms with Crippen LogP contribution >= 0.6 is 22.9 Å². The number of thiazole rings is 1. The van der Waals surface area contributed by atoms with Crippen molar-refractivity contribution in [1.82, 2.24) is 9.97 Å². The van der Waals surface area contributed by atoms with Gasteiger partial charge in [-0.05, 0) is 43.0 Å². The Hall–Kier alpha value is -1.98. The summed E-state index contributed by atoms with van der Waals surface area (Å²) in [7, 11) is 0. The Balaban J connectivity index is 1.75. The molecule has 0 N–H and O–H groups in total. The van der Waals surface area contributed by atoms with Crippen LogP contribution in [-0.4, -0.2) is 15.9 Å². The summed E-state index contributed by atoms with van der Waals surface area (Å²) in [5, 5.41) is 1.40. The van der Waals surface area contributed by atoms with E-state index >= 15 is 0 Å². The summed E-state index contributed by atoms with van der Waals surface area (Å²) < 4.78 is 0.939. The predicted octanol–water partition coefficient (Wildman–Crippen LogP) is 4.99. The average molecular weight is 372 g/mol. The lowest BCUT2D eigenvalue weighted by atomic mass is 9.84. The molecule has 128 valence electrons. The number of hydrogen-bond donors (Lipinski definition) is 0. The first-order valence-electron chi connectivity index (χ1n) is 8.39. The van der Waals surface area contributed by atoms with Crippen LogP contribution in [0.2, 0.25) is 5.02 Å². The summed E-state index contributed by atoms with van der Waals surface area (Å²) in [5.74, 6) is 0.267. The highest BCUT2D eigenvalue weighted by atomic mass is 35.5. The molecule has 4 rings (SSSR count).